The Kier molecular flexibility index (Phi) is 9.83. The van der Waals surface area contributed by atoms with Crippen LogP contribution in [0.2, 0.25) is 0 Å². The molecule has 15 rings (SSSR count). The zero-order valence-electron chi connectivity index (χ0n) is 41.1. The Balaban J connectivity index is 0.864. The Morgan fingerprint density at radius 3 is 1.24 bits per heavy atom. The highest BCUT2D eigenvalue weighted by Crippen LogP contribution is 2.63. The van der Waals surface area contributed by atoms with E-state index in [1.54, 1.807) is 0 Å². The molecule has 1 spiro atoms. The second-order valence-corrected chi connectivity index (χ2v) is 19.9. The number of aromatic nitrogens is 1. The zero-order valence-corrected chi connectivity index (χ0v) is 41.1. The van der Waals surface area contributed by atoms with E-state index in [1.165, 1.54) is 111 Å². The maximum absolute atomic E-state index is 2.39. The lowest BCUT2D eigenvalue weighted by Gasteiger charge is -2.36. The van der Waals surface area contributed by atoms with Gasteiger partial charge in [0.05, 0.1) is 16.4 Å². The van der Waals surface area contributed by atoms with Crippen LogP contribution in [-0.2, 0) is 5.41 Å². The largest absolute Gasteiger partial charge is 0.311 e. The van der Waals surface area contributed by atoms with Gasteiger partial charge in [-0.3, -0.25) is 0 Å². The molecule has 0 atom stereocenters. The molecule has 12 aromatic carbocycles. The van der Waals surface area contributed by atoms with Gasteiger partial charge in [0.25, 0.3) is 0 Å². The van der Waals surface area contributed by atoms with Crippen molar-refractivity contribution in [3.8, 4) is 72.4 Å². The molecule has 2 heteroatoms. The van der Waals surface area contributed by atoms with Gasteiger partial charge in [0.15, 0.2) is 0 Å². The molecule has 0 radical (unpaired) electrons. The van der Waals surface area contributed by atoms with E-state index in [-0.39, 0.29) is 0 Å². The van der Waals surface area contributed by atoms with Crippen molar-refractivity contribution >= 4 is 38.9 Å². The fourth-order valence-electron chi connectivity index (χ4n) is 12.8. The van der Waals surface area contributed by atoms with Crippen molar-refractivity contribution < 1.29 is 0 Å². The summed E-state index contributed by atoms with van der Waals surface area (Å²) in [5.74, 6) is 0. The van der Waals surface area contributed by atoms with Crippen molar-refractivity contribution in [3.63, 3.8) is 0 Å². The highest BCUT2D eigenvalue weighted by molar-refractivity contribution is 6.10. The van der Waals surface area contributed by atoms with Crippen molar-refractivity contribution in [3.05, 3.63) is 313 Å². The summed E-state index contributed by atoms with van der Waals surface area (Å²) in [5.41, 5.74) is 26.3. The molecular weight excluding hydrogens is 905 g/mol. The first kappa shape index (κ1) is 42.9. The third-order valence-corrected chi connectivity index (χ3v) is 16.0. The SMILES string of the molecule is c1ccc(-c2ccc(N(c3ccc(-c4ccc5c(c4)c4ccccc4n5-c4ccccc4)cc3)c3ccc(-c4cccc5c4C4(c6ccccc6-c6ccccc6-c6ccccc64)c4ccccc4-5)cc3)cc2)cc1. The molecule has 0 unspecified atom stereocenters. The van der Waals surface area contributed by atoms with Gasteiger partial charge >= 0.3 is 0 Å². The maximum Gasteiger partial charge on any atom is 0.0731 e. The molecule has 2 nitrogen and oxygen atoms in total. The second kappa shape index (κ2) is 17.2. The number of hydrogen-bond acceptors (Lipinski definition) is 1. The molecular formula is C73H48N2. The molecule has 1 heterocycles. The minimum atomic E-state index is -0.578. The summed E-state index contributed by atoms with van der Waals surface area (Å²) in [6.07, 6.45) is 0. The molecule has 0 N–H and O–H groups in total. The van der Waals surface area contributed by atoms with E-state index in [0.717, 1.165) is 22.7 Å². The van der Waals surface area contributed by atoms with Crippen LogP contribution >= 0.6 is 0 Å². The lowest BCUT2D eigenvalue weighted by atomic mass is 9.64. The number of benzene rings is 12. The van der Waals surface area contributed by atoms with Crippen molar-refractivity contribution in [2.24, 2.45) is 0 Å². The summed E-state index contributed by atoms with van der Waals surface area (Å²) in [7, 11) is 0. The summed E-state index contributed by atoms with van der Waals surface area (Å²) >= 11 is 0. The van der Waals surface area contributed by atoms with Gasteiger partial charge in [-0.15, -0.1) is 0 Å². The number of fused-ring (bicyclic) bond motifs is 15. The predicted molar refractivity (Wildman–Crippen MR) is 314 cm³/mol. The van der Waals surface area contributed by atoms with Crippen LogP contribution in [0.25, 0.3) is 94.3 Å². The minimum absolute atomic E-state index is 0.578. The van der Waals surface area contributed by atoms with E-state index in [0.29, 0.717) is 0 Å². The highest BCUT2D eigenvalue weighted by atomic mass is 15.1. The predicted octanol–water partition coefficient (Wildman–Crippen LogP) is 19.3. The van der Waals surface area contributed by atoms with Crippen LogP contribution in [0.4, 0.5) is 17.1 Å². The quantitative estimate of drug-likeness (QED) is 0.155. The maximum atomic E-state index is 2.39. The van der Waals surface area contributed by atoms with Gasteiger partial charge in [-0.05, 0) is 156 Å². The normalized spacial score (nSPS) is 12.6. The lowest BCUT2D eigenvalue weighted by Crippen LogP contribution is -2.30. The Morgan fingerprint density at radius 2 is 0.653 bits per heavy atom. The standard InChI is InChI=1S/C73H48N2/c1-3-18-49(19-4-1)50-34-41-55(42-35-50)74(56-43-36-51(37-44-56)53-40-47-71-66(48-53)64-27-12-16-33-70(64)75(71)54-20-5-2-6-21-54)57-45-38-52(39-46-57)58-28-17-29-65-63-26-11-15-32-69(63)73(72(58)65)67-30-13-9-24-61(67)59-22-7-8-23-60(59)62-25-10-14-31-68(62)73/h1-48H. The zero-order chi connectivity index (χ0) is 49.5. The van der Waals surface area contributed by atoms with Gasteiger partial charge < -0.3 is 9.47 Å². The molecule has 0 saturated carbocycles. The Labute approximate surface area is 437 Å². The molecule has 75 heavy (non-hydrogen) atoms. The minimum Gasteiger partial charge on any atom is -0.311 e. The average Bonchev–Trinajstić information content (AvgIpc) is 4.16. The first-order valence-electron chi connectivity index (χ1n) is 26.0. The Hall–Kier alpha value is -9.76. The van der Waals surface area contributed by atoms with Gasteiger partial charge in [-0.1, -0.05) is 224 Å². The topological polar surface area (TPSA) is 8.17 Å². The summed E-state index contributed by atoms with van der Waals surface area (Å²) < 4.78 is 2.38. The van der Waals surface area contributed by atoms with E-state index < -0.39 is 5.41 Å². The van der Waals surface area contributed by atoms with Gasteiger partial charge in [0, 0.05) is 33.5 Å². The first-order chi connectivity index (χ1) is 37.2. The first-order valence-corrected chi connectivity index (χ1v) is 26.0. The van der Waals surface area contributed by atoms with Crippen LogP contribution in [0.5, 0.6) is 0 Å². The lowest BCUT2D eigenvalue weighted by molar-refractivity contribution is 0.777. The third-order valence-electron chi connectivity index (χ3n) is 16.0. The number of rotatable bonds is 7. The van der Waals surface area contributed by atoms with E-state index in [4.69, 9.17) is 0 Å². The monoisotopic (exact) mass is 952 g/mol. The number of hydrogen-bond donors (Lipinski definition) is 0. The smallest absolute Gasteiger partial charge is 0.0731 e. The van der Waals surface area contributed by atoms with Crippen molar-refractivity contribution in [1.29, 1.82) is 0 Å². The molecule has 13 aromatic rings. The van der Waals surface area contributed by atoms with Crippen molar-refractivity contribution in [1.82, 2.24) is 4.57 Å². The summed E-state index contributed by atoms with van der Waals surface area (Å²) in [5, 5.41) is 2.49. The van der Waals surface area contributed by atoms with Gasteiger partial charge in [-0.25, -0.2) is 0 Å². The summed E-state index contributed by atoms with van der Waals surface area (Å²) in [6.45, 7) is 0. The molecule has 1 aromatic heterocycles. The Bertz CT molecular complexity index is 4250. The van der Waals surface area contributed by atoms with Gasteiger partial charge in [0.1, 0.15) is 0 Å². The fraction of sp³-hybridized carbons (Fsp3) is 0.0137. The van der Waals surface area contributed by atoms with Crippen LogP contribution in [0, 0.1) is 0 Å². The molecule has 0 amide bonds. The van der Waals surface area contributed by atoms with Crippen LogP contribution in [0.15, 0.2) is 291 Å². The van der Waals surface area contributed by atoms with Crippen LogP contribution in [0.3, 0.4) is 0 Å². The third kappa shape index (κ3) is 6.60. The van der Waals surface area contributed by atoms with E-state index in [1.807, 2.05) is 0 Å². The molecule has 0 saturated heterocycles. The Morgan fingerprint density at radius 1 is 0.253 bits per heavy atom. The molecule has 0 aliphatic heterocycles. The highest BCUT2D eigenvalue weighted by Gasteiger charge is 2.50. The van der Waals surface area contributed by atoms with Crippen molar-refractivity contribution in [2.45, 2.75) is 5.41 Å². The van der Waals surface area contributed by atoms with Crippen LogP contribution < -0.4 is 4.90 Å². The van der Waals surface area contributed by atoms with Crippen LogP contribution in [-0.4, -0.2) is 4.57 Å². The van der Waals surface area contributed by atoms with E-state index in [2.05, 4.69) is 301 Å². The number of nitrogens with zero attached hydrogens (tertiary/aromatic N) is 2. The second-order valence-electron chi connectivity index (χ2n) is 19.9. The van der Waals surface area contributed by atoms with E-state index in [9.17, 15) is 0 Å². The van der Waals surface area contributed by atoms with Crippen molar-refractivity contribution in [2.75, 3.05) is 4.90 Å². The summed E-state index contributed by atoms with van der Waals surface area (Å²) in [4.78, 5) is 2.39. The number of para-hydroxylation sites is 2. The van der Waals surface area contributed by atoms with Gasteiger partial charge in [-0.2, -0.15) is 0 Å². The average molecular weight is 953 g/mol. The molecule has 350 valence electrons. The number of anilines is 3. The van der Waals surface area contributed by atoms with Crippen LogP contribution in [0.1, 0.15) is 22.3 Å². The molecule has 0 bridgehead atoms. The van der Waals surface area contributed by atoms with Gasteiger partial charge in [0.2, 0.25) is 0 Å². The summed E-state index contributed by atoms with van der Waals surface area (Å²) in [6, 6.07) is 108. The molecule has 2 aliphatic rings. The molecule has 2 aliphatic carbocycles. The molecule has 0 fully saturated rings. The van der Waals surface area contributed by atoms with E-state index >= 15 is 0 Å². The fourth-order valence-corrected chi connectivity index (χ4v) is 12.8.